The van der Waals surface area contributed by atoms with E-state index in [0.29, 0.717) is 10.9 Å². The SMILES string of the molecule is COc1ccc([C@@H](CNS(=O)(=O)c2ccc(Cl)s2)N2CCCCC2)cc1. The molecule has 8 heteroatoms. The second-order valence-electron chi connectivity index (χ2n) is 6.30. The van der Waals surface area contributed by atoms with Crippen LogP contribution in [0.5, 0.6) is 5.75 Å². The van der Waals surface area contributed by atoms with Crippen LogP contribution in [0, 0.1) is 0 Å². The van der Waals surface area contributed by atoms with E-state index in [4.69, 9.17) is 16.3 Å². The summed E-state index contributed by atoms with van der Waals surface area (Å²) in [6, 6.07) is 11.0. The molecular formula is C18H23ClN2O3S2. The second kappa shape index (κ2) is 8.71. The fourth-order valence-electron chi connectivity index (χ4n) is 3.22. The molecule has 1 aliphatic heterocycles. The Bertz CT molecular complexity index is 815. The van der Waals surface area contributed by atoms with Gasteiger partial charge in [-0.1, -0.05) is 30.2 Å². The lowest BCUT2D eigenvalue weighted by Crippen LogP contribution is -2.40. The first-order valence-corrected chi connectivity index (χ1v) is 11.3. The summed E-state index contributed by atoms with van der Waals surface area (Å²) in [6.07, 6.45) is 3.51. The maximum atomic E-state index is 12.6. The Balaban J connectivity index is 1.78. The molecule has 1 aromatic carbocycles. The van der Waals surface area contributed by atoms with E-state index in [0.717, 1.165) is 48.6 Å². The first-order valence-electron chi connectivity index (χ1n) is 8.62. The fraction of sp³-hybridized carbons (Fsp3) is 0.444. The number of methoxy groups -OCH3 is 1. The molecule has 0 aliphatic carbocycles. The number of nitrogens with zero attached hydrogens (tertiary/aromatic N) is 1. The van der Waals surface area contributed by atoms with Gasteiger partial charge in [0.2, 0.25) is 10.0 Å². The van der Waals surface area contributed by atoms with Gasteiger partial charge in [-0.25, -0.2) is 13.1 Å². The van der Waals surface area contributed by atoms with E-state index in [1.165, 1.54) is 6.42 Å². The van der Waals surface area contributed by atoms with Crippen LogP contribution in [0.1, 0.15) is 30.9 Å². The predicted octanol–water partition coefficient (Wildman–Crippen LogP) is 3.92. The largest absolute Gasteiger partial charge is 0.497 e. The van der Waals surface area contributed by atoms with Crippen LogP contribution in [-0.2, 0) is 10.0 Å². The minimum absolute atomic E-state index is 0.00795. The average Bonchev–Trinajstić information content (AvgIpc) is 3.11. The average molecular weight is 415 g/mol. The third kappa shape index (κ3) is 4.78. The van der Waals surface area contributed by atoms with Gasteiger partial charge in [0.1, 0.15) is 9.96 Å². The first kappa shape index (κ1) is 19.6. The topological polar surface area (TPSA) is 58.6 Å². The van der Waals surface area contributed by atoms with Gasteiger partial charge in [-0.15, -0.1) is 11.3 Å². The highest BCUT2D eigenvalue weighted by Crippen LogP contribution is 2.28. The van der Waals surface area contributed by atoms with Crippen LogP contribution in [0.2, 0.25) is 4.34 Å². The number of sulfonamides is 1. The molecule has 1 atom stereocenters. The molecule has 0 spiro atoms. The Morgan fingerprint density at radius 3 is 2.42 bits per heavy atom. The predicted molar refractivity (Wildman–Crippen MR) is 106 cm³/mol. The monoisotopic (exact) mass is 414 g/mol. The van der Waals surface area contributed by atoms with Crippen molar-refractivity contribution in [1.29, 1.82) is 0 Å². The number of hydrogen-bond acceptors (Lipinski definition) is 5. The van der Waals surface area contributed by atoms with Crippen LogP contribution in [0.3, 0.4) is 0 Å². The third-order valence-electron chi connectivity index (χ3n) is 4.61. The molecule has 2 aromatic rings. The minimum atomic E-state index is -3.56. The van der Waals surface area contributed by atoms with Gasteiger partial charge in [0.15, 0.2) is 0 Å². The first-order chi connectivity index (χ1) is 12.5. The third-order valence-corrected chi connectivity index (χ3v) is 7.76. The van der Waals surface area contributed by atoms with Crippen molar-refractivity contribution in [1.82, 2.24) is 9.62 Å². The Kier molecular flexibility index (Phi) is 6.58. The van der Waals surface area contributed by atoms with Gasteiger partial charge in [-0.2, -0.15) is 0 Å². The molecule has 0 radical (unpaired) electrons. The Labute approximate surface area is 164 Å². The molecule has 1 fully saturated rings. The summed E-state index contributed by atoms with van der Waals surface area (Å²) in [7, 11) is -1.92. The number of nitrogens with one attached hydrogen (secondary N) is 1. The highest BCUT2D eigenvalue weighted by Gasteiger charge is 2.25. The fourth-order valence-corrected chi connectivity index (χ4v) is 5.78. The van der Waals surface area contributed by atoms with Crippen molar-refractivity contribution in [2.75, 3.05) is 26.7 Å². The smallest absolute Gasteiger partial charge is 0.250 e. The zero-order valence-electron chi connectivity index (χ0n) is 14.7. The molecule has 26 heavy (non-hydrogen) atoms. The lowest BCUT2D eigenvalue weighted by Gasteiger charge is -2.35. The molecule has 1 N–H and O–H groups in total. The van der Waals surface area contributed by atoms with Gasteiger partial charge in [0, 0.05) is 12.6 Å². The van der Waals surface area contributed by atoms with E-state index in [1.54, 1.807) is 19.2 Å². The Hall–Kier alpha value is -1.12. The number of ether oxygens (including phenoxy) is 1. The van der Waals surface area contributed by atoms with Crippen molar-refractivity contribution in [3.05, 3.63) is 46.3 Å². The summed E-state index contributed by atoms with van der Waals surface area (Å²) in [4.78, 5) is 2.36. The van der Waals surface area contributed by atoms with Gasteiger partial charge >= 0.3 is 0 Å². The molecule has 3 rings (SSSR count). The maximum Gasteiger partial charge on any atom is 0.250 e. The van der Waals surface area contributed by atoms with Crippen LogP contribution < -0.4 is 9.46 Å². The van der Waals surface area contributed by atoms with Crippen molar-refractivity contribution in [3.8, 4) is 5.75 Å². The lowest BCUT2D eigenvalue weighted by atomic mass is 10.0. The van der Waals surface area contributed by atoms with E-state index in [9.17, 15) is 8.42 Å². The molecule has 0 bridgehead atoms. The summed E-state index contributed by atoms with van der Waals surface area (Å²) in [6.45, 7) is 2.27. The highest BCUT2D eigenvalue weighted by molar-refractivity contribution is 7.91. The van der Waals surface area contributed by atoms with E-state index < -0.39 is 10.0 Å². The summed E-state index contributed by atoms with van der Waals surface area (Å²) in [5.74, 6) is 0.792. The molecule has 0 saturated carbocycles. The number of hydrogen-bond donors (Lipinski definition) is 1. The number of rotatable bonds is 7. The lowest BCUT2D eigenvalue weighted by molar-refractivity contribution is 0.164. The summed E-state index contributed by atoms with van der Waals surface area (Å²) in [5.41, 5.74) is 1.08. The van der Waals surface area contributed by atoms with E-state index in [1.807, 2.05) is 24.3 Å². The van der Waals surface area contributed by atoms with Crippen LogP contribution in [-0.4, -0.2) is 40.1 Å². The van der Waals surface area contributed by atoms with Crippen molar-refractivity contribution in [2.24, 2.45) is 0 Å². The summed E-state index contributed by atoms with van der Waals surface area (Å²) < 4.78 is 33.8. The number of thiophene rings is 1. The van der Waals surface area contributed by atoms with Crippen LogP contribution in [0.4, 0.5) is 0 Å². The Morgan fingerprint density at radius 1 is 1.15 bits per heavy atom. The van der Waals surface area contributed by atoms with Crippen molar-refractivity contribution < 1.29 is 13.2 Å². The van der Waals surface area contributed by atoms with Crippen LogP contribution in [0.25, 0.3) is 0 Å². The standard InChI is InChI=1S/C18H23ClN2O3S2/c1-24-15-7-5-14(6-8-15)16(21-11-3-2-4-12-21)13-20-26(22,23)18-10-9-17(19)25-18/h5-10,16,20H,2-4,11-13H2,1H3/t16-/m1/s1. The van der Waals surface area contributed by atoms with Gasteiger partial charge in [-0.3, -0.25) is 4.90 Å². The number of halogens is 1. The molecule has 142 valence electrons. The highest BCUT2D eigenvalue weighted by atomic mass is 35.5. The molecule has 1 aromatic heterocycles. The van der Waals surface area contributed by atoms with E-state index >= 15 is 0 Å². The van der Waals surface area contributed by atoms with Gasteiger partial charge in [0.25, 0.3) is 0 Å². The van der Waals surface area contributed by atoms with Crippen LogP contribution >= 0.6 is 22.9 Å². The molecular weight excluding hydrogens is 392 g/mol. The molecule has 2 heterocycles. The Morgan fingerprint density at radius 2 is 1.85 bits per heavy atom. The van der Waals surface area contributed by atoms with Crippen molar-refractivity contribution >= 4 is 33.0 Å². The van der Waals surface area contributed by atoms with Crippen molar-refractivity contribution in [2.45, 2.75) is 29.5 Å². The second-order valence-corrected chi connectivity index (χ2v) is 10.0. The quantitative estimate of drug-likeness (QED) is 0.746. The van der Waals surface area contributed by atoms with Gasteiger partial charge in [0.05, 0.1) is 11.4 Å². The number of likely N-dealkylation sites (tertiary alicyclic amines) is 1. The van der Waals surface area contributed by atoms with Crippen LogP contribution in [0.15, 0.2) is 40.6 Å². The number of benzene rings is 1. The minimum Gasteiger partial charge on any atom is -0.497 e. The number of piperidine rings is 1. The van der Waals surface area contributed by atoms with E-state index in [-0.39, 0.29) is 10.3 Å². The molecule has 0 unspecified atom stereocenters. The zero-order valence-corrected chi connectivity index (χ0v) is 17.0. The summed E-state index contributed by atoms with van der Waals surface area (Å²) in [5, 5.41) is 0. The molecule has 0 amide bonds. The molecule has 1 aliphatic rings. The molecule has 5 nitrogen and oxygen atoms in total. The van der Waals surface area contributed by atoms with Gasteiger partial charge in [-0.05, 0) is 55.8 Å². The van der Waals surface area contributed by atoms with Gasteiger partial charge < -0.3 is 4.74 Å². The van der Waals surface area contributed by atoms with Crippen molar-refractivity contribution in [3.63, 3.8) is 0 Å². The maximum absolute atomic E-state index is 12.6. The zero-order chi connectivity index (χ0) is 18.6. The normalized spacial score (nSPS) is 17.2. The summed E-state index contributed by atoms with van der Waals surface area (Å²) >= 11 is 6.95. The molecule has 1 saturated heterocycles. The van der Waals surface area contributed by atoms with E-state index in [2.05, 4.69) is 9.62 Å².